The zero-order valence-electron chi connectivity index (χ0n) is 15.9. The average molecular weight is 367 g/mol. The van der Waals surface area contributed by atoms with Gasteiger partial charge in [0.15, 0.2) is 0 Å². The van der Waals surface area contributed by atoms with E-state index in [1.807, 2.05) is 19.0 Å². The van der Waals surface area contributed by atoms with Crippen LogP contribution in [0.4, 0.5) is 5.69 Å². The van der Waals surface area contributed by atoms with Crippen molar-refractivity contribution in [3.8, 4) is 0 Å². The summed E-state index contributed by atoms with van der Waals surface area (Å²) in [6.45, 7) is 2.56. The Morgan fingerprint density at radius 1 is 1.19 bits per heavy atom. The van der Waals surface area contributed by atoms with Gasteiger partial charge in [0, 0.05) is 18.7 Å². The molecule has 1 atom stereocenters. The normalized spacial score (nSPS) is 12.3. The Labute approximate surface area is 159 Å². The molecular weight excluding hydrogens is 342 g/mol. The summed E-state index contributed by atoms with van der Waals surface area (Å²) in [6, 6.07) is 14.7. The summed E-state index contributed by atoms with van der Waals surface area (Å²) in [5.41, 5.74) is 2.77. The quantitative estimate of drug-likeness (QED) is 0.439. The summed E-state index contributed by atoms with van der Waals surface area (Å²) < 4.78 is 0. The highest BCUT2D eigenvalue weighted by molar-refractivity contribution is 5.92. The van der Waals surface area contributed by atoms with E-state index in [2.05, 4.69) is 36.5 Å². The minimum absolute atomic E-state index is 0.0243. The topological polar surface area (TPSA) is 75.5 Å². The maximum absolute atomic E-state index is 12.2. The van der Waals surface area contributed by atoms with E-state index in [0.29, 0.717) is 12.1 Å². The fourth-order valence-electron chi connectivity index (χ4n) is 2.79. The Balaban J connectivity index is 2.02. The number of nitro groups is 1. The van der Waals surface area contributed by atoms with Crippen LogP contribution in [-0.2, 0) is 11.2 Å². The van der Waals surface area contributed by atoms with Crippen LogP contribution in [0.25, 0.3) is 6.08 Å². The lowest BCUT2D eigenvalue weighted by Gasteiger charge is -2.25. The lowest BCUT2D eigenvalue weighted by Crippen LogP contribution is -2.33. The number of hydrogen-bond acceptors (Lipinski definition) is 4. The second kappa shape index (κ2) is 9.64. The Morgan fingerprint density at radius 2 is 1.85 bits per heavy atom. The van der Waals surface area contributed by atoms with Crippen molar-refractivity contribution in [3.05, 3.63) is 81.4 Å². The van der Waals surface area contributed by atoms with Crippen molar-refractivity contribution < 1.29 is 9.72 Å². The predicted octanol–water partition coefficient (Wildman–Crippen LogP) is 3.59. The Morgan fingerprint density at radius 3 is 2.44 bits per heavy atom. The van der Waals surface area contributed by atoms with Gasteiger partial charge in [0.25, 0.3) is 5.69 Å². The molecule has 0 saturated heterocycles. The van der Waals surface area contributed by atoms with Gasteiger partial charge in [0.2, 0.25) is 5.91 Å². The Hall–Kier alpha value is -2.99. The molecule has 1 N–H and O–H groups in total. The molecule has 0 aliphatic carbocycles. The molecule has 142 valence electrons. The number of nitrogens with zero attached hydrogens (tertiary/aromatic N) is 2. The predicted molar refractivity (Wildman–Crippen MR) is 107 cm³/mol. The van der Waals surface area contributed by atoms with Gasteiger partial charge in [0.05, 0.1) is 16.5 Å². The molecule has 0 radical (unpaired) electrons. The van der Waals surface area contributed by atoms with Crippen LogP contribution >= 0.6 is 0 Å². The summed E-state index contributed by atoms with van der Waals surface area (Å²) in [7, 11) is 3.93. The maximum Gasteiger partial charge on any atom is 0.276 e. The van der Waals surface area contributed by atoms with Crippen LogP contribution in [0.15, 0.2) is 54.6 Å². The number of carbonyl (C=O) groups is 1. The van der Waals surface area contributed by atoms with E-state index in [4.69, 9.17) is 0 Å². The van der Waals surface area contributed by atoms with E-state index < -0.39 is 4.92 Å². The van der Waals surface area contributed by atoms with Gasteiger partial charge in [0.1, 0.15) is 0 Å². The van der Waals surface area contributed by atoms with Gasteiger partial charge in [-0.1, -0.05) is 43.3 Å². The molecular formula is C21H25N3O3. The number of para-hydroxylation sites is 1. The molecule has 0 spiro atoms. The highest BCUT2D eigenvalue weighted by Gasteiger charge is 2.15. The van der Waals surface area contributed by atoms with Gasteiger partial charge < -0.3 is 10.2 Å². The first kappa shape index (κ1) is 20.3. The Kier molecular flexibility index (Phi) is 7.25. The monoisotopic (exact) mass is 367 g/mol. The number of hydrogen-bond donors (Lipinski definition) is 1. The van der Waals surface area contributed by atoms with Gasteiger partial charge in [-0.2, -0.15) is 0 Å². The third-order valence-electron chi connectivity index (χ3n) is 4.41. The van der Waals surface area contributed by atoms with Crippen LogP contribution in [0, 0.1) is 10.1 Å². The van der Waals surface area contributed by atoms with Crippen molar-refractivity contribution in [2.24, 2.45) is 0 Å². The minimum atomic E-state index is -0.459. The molecule has 0 bridgehead atoms. The number of aryl methyl sites for hydroxylation is 1. The van der Waals surface area contributed by atoms with Gasteiger partial charge in [-0.15, -0.1) is 0 Å². The maximum atomic E-state index is 12.2. The molecule has 0 aliphatic rings. The molecule has 0 aliphatic heterocycles. The molecule has 0 fully saturated rings. The largest absolute Gasteiger partial charge is 0.351 e. The number of benzene rings is 2. The molecule has 2 aromatic rings. The molecule has 27 heavy (non-hydrogen) atoms. The highest BCUT2D eigenvalue weighted by Crippen LogP contribution is 2.20. The third-order valence-corrected chi connectivity index (χ3v) is 4.41. The number of nitro benzene ring substituents is 1. The zero-order chi connectivity index (χ0) is 19.8. The summed E-state index contributed by atoms with van der Waals surface area (Å²) in [6.07, 6.45) is 3.78. The van der Waals surface area contributed by atoms with Crippen LogP contribution in [-0.4, -0.2) is 36.4 Å². The smallest absolute Gasteiger partial charge is 0.276 e. The summed E-state index contributed by atoms with van der Waals surface area (Å²) in [4.78, 5) is 24.8. The van der Waals surface area contributed by atoms with Crippen molar-refractivity contribution >= 4 is 17.7 Å². The SMILES string of the molecule is CCc1ccc([C@H](CNC(=O)/C=C/c2ccccc2[N+](=O)[O-])N(C)C)cc1. The number of carbonyl (C=O) groups excluding carboxylic acids is 1. The lowest BCUT2D eigenvalue weighted by molar-refractivity contribution is -0.385. The minimum Gasteiger partial charge on any atom is -0.351 e. The van der Waals surface area contributed by atoms with Gasteiger partial charge in [-0.05, 0) is 43.8 Å². The first-order valence-electron chi connectivity index (χ1n) is 8.87. The number of amides is 1. The molecule has 2 rings (SSSR count). The van der Waals surface area contributed by atoms with E-state index >= 15 is 0 Å². The molecule has 0 heterocycles. The van der Waals surface area contributed by atoms with E-state index in [-0.39, 0.29) is 17.6 Å². The molecule has 0 saturated carbocycles. The van der Waals surface area contributed by atoms with Crippen molar-refractivity contribution in [2.45, 2.75) is 19.4 Å². The Bertz CT molecular complexity index is 814. The van der Waals surface area contributed by atoms with Gasteiger partial charge in [-0.25, -0.2) is 0 Å². The molecule has 6 nitrogen and oxygen atoms in total. The number of nitrogens with one attached hydrogen (secondary N) is 1. The molecule has 2 aromatic carbocycles. The van der Waals surface area contributed by atoms with E-state index in [1.54, 1.807) is 18.2 Å². The van der Waals surface area contributed by atoms with E-state index in [9.17, 15) is 14.9 Å². The summed E-state index contributed by atoms with van der Waals surface area (Å²) in [5, 5.41) is 13.9. The van der Waals surface area contributed by atoms with Crippen molar-refractivity contribution in [1.82, 2.24) is 10.2 Å². The summed E-state index contributed by atoms with van der Waals surface area (Å²) in [5.74, 6) is -0.287. The van der Waals surface area contributed by atoms with Crippen molar-refractivity contribution in [3.63, 3.8) is 0 Å². The van der Waals surface area contributed by atoms with Gasteiger partial charge >= 0.3 is 0 Å². The average Bonchev–Trinajstić information content (AvgIpc) is 2.67. The summed E-state index contributed by atoms with van der Waals surface area (Å²) >= 11 is 0. The van der Waals surface area contributed by atoms with E-state index in [1.165, 1.54) is 23.8 Å². The zero-order valence-corrected chi connectivity index (χ0v) is 15.9. The standard InChI is InChI=1S/C21H25N3O3/c1-4-16-9-11-18(12-10-16)20(23(2)3)15-22-21(25)14-13-17-7-5-6-8-19(17)24(26)27/h5-14,20H,4,15H2,1-3H3,(H,22,25)/b14-13+/t20-/m0/s1. The lowest BCUT2D eigenvalue weighted by atomic mass is 10.0. The first-order chi connectivity index (χ1) is 12.9. The van der Waals surface area contributed by atoms with Crippen LogP contribution in [0.1, 0.15) is 29.7 Å². The fourth-order valence-corrected chi connectivity index (χ4v) is 2.79. The van der Waals surface area contributed by atoms with Gasteiger partial charge in [-0.3, -0.25) is 14.9 Å². The number of likely N-dealkylation sites (N-methyl/N-ethyl adjacent to an activating group) is 1. The molecule has 0 aromatic heterocycles. The third kappa shape index (κ3) is 5.76. The van der Waals surface area contributed by atoms with Crippen LogP contribution < -0.4 is 5.32 Å². The molecule has 0 unspecified atom stereocenters. The van der Waals surface area contributed by atoms with Crippen LogP contribution in [0.5, 0.6) is 0 Å². The second-order valence-corrected chi connectivity index (χ2v) is 6.47. The van der Waals surface area contributed by atoms with Crippen molar-refractivity contribution in [1.29, 1.82) is 0 Å². The highest BCUT2D eigenvalue weighted by atomic mass is 16.6. The fraction of sp³-hybridized carbons (Fsp3) is 0.286. The van der Waals surface area contributed by atoms with Crippen molar-refractivity contribution in [2.75, 3.05) is 20.6 Å². The second-order valence-electron chi connectivity index (χ2n) is 6.47. The van der Waals surface area contributed by atoms with E-state index in [0.717, 1.165) is 12.0 Å². The van der Waals surface area contributed by atoms with Crippen LogP contribution in [0.3, 0.4) is 0 Å². The molecule has 1 amide bonds. The number of rotatable bonds is 8. The molecule has 6 heteroatoms. The first-order valence-corrected chi connectivity index (χ1v) is 8.87. The van der Waals surface area contributed by atoms with Crippen LogP contribution in [0.2, 0.25) is 0 Å².